The molecule has 0 spiro atoms. The van der Waals surface area contributed by atoms with Gasteiger partial charge in [-0.1, -0.05) is 243 Å². The maximum Gasteiger partial charge on any atom is 0.475 e. The molecule has 8 aromatic carbocycles. The van der Waals surface area contributed by atoms with Crippen molar-refractivity contribution in [1.82, 2.24) is 38.2 Å². The predicted molar refractivity (Wildman–Crippen MR) is 559 cm³/mol. The summed E-state index contributed by atoms with van der Waals surface area (Å²) < 4.78 is 113. The third-order valence-electron chi connectivity index (χ3n) is 25.9. The van der Waals surface area contributed by atoms with E-state index >= 15 is 4.57 Å². The third kappa shape index (κ3) is 25.4. The van der Waals surface area contributed by atoms with Gasteiger partial charge in [-0.25, -0.2) is 41.5 Å². The van der Waals surface area contributed by atoms with Gasteiger partial charge >= 0.3 is 38.4 Å². The molecule has 4 amide bonds. The fourth-order valence-corrected chi connectivity index (χ4v) is 30.7. The first-order valence-electron chi connectivity index (χ1n) is 48.5. The summed E-state index contributed by atoms with van der Waals surface area (Å²) in [6, 6.07) is 74.0. The molecule has 772 valence electrons. The van der Waals surface area contributed by atoms with Crippen molar-refractivity contribution in [2.24, 2.45) is 0 Å². The number of phosphoric ester groups is 2. The molecule has 12 aromatic rings. The Balaban J connectivity index is 0.000000222. The van der Waals surface area contributed by atoms with Gasteiger partial charge in [0.2, 0.25) is 13.1 Å². The Labute approximate surface area is 857 Å². The number of aliphatic hydroxyl groups excluding tert-OH is 1. The van der Waals surface area contributed by atoms with Gasteiger partial charge in [-0.2, -0.15) is 19.9 Å². The van der Waals surface area contributed by atoms with Crippen LogP contribution < -0.4 is 64.8 Å². The van der Waals surface area contributed by atoms with Crippen LogP contribution in [0.5, 0.6) is 0 Å². The Morgan fingerprint density at radius 2 is 0.615 bits per heavy atom. The molecule has 0 radical (unpaired) electrons. The van der Waals surface area contributed by atoms with Crippen molar-refractivity contribution in [2.75, 3.05) is 67.4 Å². The van der Waals surface area contributed by atoms with Crippen LogP contribution in [0.1, 0.15) is 169 Å². The van der Waals surface area contributed by atoms with Crippen molar-refractivity contribution in [3.05, 3.63) is 377 Å². The summed E-state index contributed by atoms with van der Waals surface area (Å²) in [7, 11) is -16.0. The van der Waals surface area contributed by atoms with E-state index in [4.69, 9.17) is 68.1 Å². The summed E-state index contributed by atoms with van der Waals surface area (Å²) in [6.45, 7) is 33.7. The molecular formula is C107H118N14O23P2Si2. The number of aryl methyl sites for hydroxylation is 4. The average molecular weight is 2090 g/mol. The van der Waals surface area contributed by atoms with Gasteiger partial charge < -0.3 is 63.9 Å². The smallest absolute Gasteiger partial charge is 0.402 e. The molecule has 8 heterocycles. The monoisotopic (exact) mass is 2080 g/mol. The van der Waals surface area contributed by atoms with E-state index in [1.807, 2.05) is 104 Å². The van der Waals surface area contributed by atoms with E-state index in [9.17, 15) is 48.0 Å². The van der Waals surface area contributed by atoms with Crippen LogP contribution in [0.4, 0.5) is 23.3 Å². The molecule has 4 fully saturated rings. The minimum absolute atomic E-state index is 0.0352. The van der Waals surface area contributed by atoms with Crippen molar-refractivity contribution in [2.45, 2.75) is 192 Å². The molecule has 4 saturated heterocycles. The summed E-state index contributed by atoms with van der Waals surface area (Å²) in [6.07, 6.45) is -4.88. The van der Waals surface area contributed by atoms with Crippen LogP contribution in [0, 0.1) is 40.8 Å². The van der Waals surface area contributed by atoms with Crippen molar-refractivity contribution in [3.63, 3.8) is 0 Å². The number of carbonyl (C=O) groups excluding carboxylic acids is 4. The normalized spacial score (nSPS) is 20.6. The van der Waals surface area contributed by atoms with E-state index in [1.165, 1.54) is 30.7 Å². The summed E-state index contributed by atoms with van der Waals surface area (Å²) in [5.41, 5.74) is 0.576. The quantitative estimate of drug-likeness (QED) is 0.0104. The predicted octanol–water partition coefficient (Wildman–Crippen LogP) is 14.6. The van der Waals surface area contributed by atoms with Crippen LogP contribution in [-0.2, 0) is 64.1 Å². The number of anilines is 4. The van der Waals surface area contributed by atoms with Gasteiger partial charge in [0.25, 0.3) is 40.3 Å². The van der Waals surface area contributed by atoms with Crippen LogP contribution in [0.2, 0.25) is 10.1 Å². The molecule has 37 nitrogen and oxygen atoms in total. The average Bonchev–Trinajstić information content (AvgIpc) is 1.28. The number of aromatic nitrogens is 8. The Morgan fingerprint density at radius 1 is 0.378 bits per heavy atom. The third-order valence-corrected chi connectivity index (χ3v) is 39.0. The van der Waals surface area contributed by atoms with E-state index in [2.05, 4.69) is 117 Å². The Kier molecular flexibility index (Phi) is 35.4. The topological polar surface area (TPSA) is 430 Å². The molecule has 16 rings (SSSR count). The SMILES string of the molecule is [C-]#[N+]CCOP(=O)(OC[C@H]1O[C@@H](n2cc(C)c(NC(=O)c3ccccc3)nc2=O)C[C@H]1O[Si](c1ccccc1)(c1ccccc1)C(C)(C)C)O[C@@H]1C[C@H](n2cc(C)c(NC(=O)c3ccccc3)nc2=O)O[C@@H]1CC.[C-]#[N+]CCOP(=O)(OC[C@H]1O[C@@H](n2cc(C)c(NC(=O)c3ccccc3)nc2=O)C[C@H]1O[Si](c1ccccc1)(c1ccccc1)C(C)(C)C)O[C@@H]1C[C@H](n2cc(C)c(NC(=O)c3ccccc3)nc2=O)O[C@@H]1CO. The van der Waals surface area contributed by atoms with E-state index in [1.54, 1.807) is 161 Å². The number of rotatable bonds is 38. The molecule has 41 heteroatoms. The number of amides is 4. The zero-order valence-corrected chi connectivity index (χ0v) is 87.4. The number of nitrogens with zero attached hydrogens (tertiary/aromatic N) is 10. The van der Waals surface area contributed by atoms with Crippen LogP contribution in [-0.4, -0.2) is 179 Å². The van der Waals surface area contributed by atoms with E-state index < -0.39 is 182 Å². The summed E-state index contributed by atoms with van der Waals surface area (Å²) >= 11 is 0. The number of nitrogens with one attached hydrogen (secondary N) is 4. The summed E-state index contributed by atoms with van der Waals surface area (Å²) in [5, 5.41) is 24.3. The first kappa shape index (κ1) is 109. The number of hydrogen-bond acceptors (Lipinski definition) is 27. The zero-order valence-electron chi connectivity index (χ0n) is 83.6. The fourth-order valence-electron chi connectivity index (χ4n) is 18.5. The lowest BCUT2D eigenvalue weighted by molar-refractivity contribution is -0.0586. The lowest BCUT2D eigenvalue weighted by atomic mass is 10.1. The largest absolute Gasteiger partial charge is 0.475 e. The molecule has 0 aliphatic carbocycles. The highest BCUT2D eigenvalue weighted by Crippen LogP contribution is 2.56. The Bertz CT molecular complexity index is 6620. The molecule has 14 atom stereocenters. The summed E-state index contributed by atoms with van der Waals surface area (Å²) in [4.78, 5) is 131. The fraction of sp³-hybridized carbons (Fsp3) is 0.346. The highest BCUT2D eigenvalue weighted by Gasteiger charge is 2.58. The van der Waals surface area contributed by atoms with Crippen LogP contribution in [0.25, 0.3) is 9.69 Å². The van der Waals surface area contributed by atoms with Gasteiger partial charge in [-0.05, 0) is 113 Å². The Morgan fingerprint density at radius 3 is 0.858 bits per heavy atom. The van der Waals surface area contributed by atoms with Crippen molar-refractivity contribution >= 4 is 99.9 Å². The zero-order chi connectivity index (χ0) is 105. The van der Waals surface area contributed by atoms with Crippen molar-refractivity contribution in [3.8, 4) is 0 Å². The van der Waals surface area contributed by atoms with E-state index in [-0.39, 0.29) is 75.3 Å². The molecule has 4 aliphatic heterocycles. The molecule has 5 N–H and O–H groups in total. The number of hydrogen-bond donors (Lipinski definition) is 5. The maximum atomic E-state index is 15.0. The minimum atomic E-state index is -4.71. The van der Waals surface area contributed by atoms with Gasteiger partial charge in [0.05, 0.1) is 44.2 Å². The van der Waals surface area contributed by atoms with Crippen molar-refractivity contribution in [1.29, 1.82) is 0 Å². The van der Waals surface area contributed by atoms with Gasteiger partial charge in [0.1, 0.15) is 85.8 Å². The standard InChI is InChI=1S/C54H60N7O11PSi.C53H58N7O12PSi/c1-8-42-43(31-46(69-42)60-33-36(2)48(58-52(60)64)56-50(62)38-21-13-9-14-22-38)71-73(66,67-30-29-55-7)68-35-45-44(72-74(54(4,5)6,40-25-17-11-18-26-40)41-27-19-12-20-28-41)32-47(70-45)61-34-37(3)49(59-53(61)65)57-51(63)39-23-15-10-16-24-39;1-35-31-59(51(64)57-47(35)55-49(62)37-19-11-7-12-20-37)45-29-41(43(33-61)69-45)71-73(66,67-28-27-54-6)68-34-44-42(72-74(53(3,4)5,39-23-15-9-16-24-39)40-25-17-10-18-26-40)30-46(70-44)60-32-36(2)48(58-52(60)65)56-50(63)38-21-13-8-14-22-38/h9-28,33-34,42-47H,8,29-32,35H2,1-6H3,(H,56,58,62,64)(H,57,59,63,65);7-26,31-32,41-46,61H,27-30,33-34H2,1-5H3,(H,55,57,62,64)(H,56,58,63,65)/t42-,43-,44-,45-,46-,47-,73?;41-,42-,43-,44-,45-,46-,73?/m11/s1. The first-order chi connectivity index (χ1) is 71.0. The number of ether oxygens (including phenoxy) is 4. The second kappa shape index (κ2) is 48.2. The number of benzene rings is 8. The van der Waals surface area contributed by atoms with E-state index in [0.717, 1.165) is 20.7 Å². The maximum absolute atomic E-state index is 15.0. The second-order valence-electron chi connectivity index (χ2n) is 38.0. The molecule has 148 heavy (non-hydrogen) atoms. The molecule has 4 aromatic heterocycles. The lowest BCUT2D eigenvalue weighted by Crippen LogP contribution is -2.68. The molecule has 2 unspecified atom stereocenters. The Hall–Kier alpha value is -13.5. The van der Waals surface area contributed by atoms with Gasteiger partial charge in [0, 0.05) is 95.0 Å². The van der Waals surface area contributed by atoms with Crippen molar-refractivity contribution < 1.29 is 88.4 Å². The summed E-state index contributed by atoms with van der Waals surface area (Å²) in [5.74, 6) is -1.44. The highest BCUT2D eigenvalue weighted by molar-refractivity contribution is 7.48. The van der Waals surface area contributed by atoms with E-state index in [0.29, 0.717) is 50.9 Å². The number of carbonyl (C=O) groups is 4. The molecule has 0 saturated carbocycles. The number of phosphoric acid groups is 2. The lowest BCUT2D eigenvalue weighted by Gasteiger charge is -2.45. The van der Waals surface area contributed by atoms with Crippen LogP contribution >= 0.6 is 15.6 Å². The second-order valence-corrected chi connectivity index (χ2v) is 49.8. The molecule has 4 aliphatic rings. The molecule has 0 bridgehead atoms. The minimum Gasteiger partial charge on any atom is -0.402 e. The molecular weight excluding hydrogens is 1970 g/mol. The highest BCUT2D eigenvalue weighted by atomic mass is 31.2. The van der Waals surface area contributed by atoms with Gasteiger partial charge in [-0.15, -0.1) is 0 Å². The van der Waals surface area contributed by atoms with Crippen LogP contribution in [0.3, 0.4) is 0 Å². The first-order valence-corrected chi connectivity index (χ1v) is 55.2. The van der Waals surface area contributed by atoms with Crippen LogP contribution in [0.15, 0.2) is 287 Å². The number of aliphatic hydroxyl groups is 1. The van der Waals surface area contributed by atoms with Gasteiger partial charge in [0.15, 0.2) is 0 Å². The van der Waals surface area contributed by atoms with Gasteiger partial charge in [-0.3, -0.25) is 64.6 Å².